The number of para-hydroxylation sites is 2. The molecule has 6 heteroatoms. The molecule has 0 saturated carbocycles. The van der Waals surface area contributed by atoms with Crippen LogP contribution in [0.3, 0.4) is 0 Å². The maximum atomic E-state index is 12.4. The number of rotatable bonds is 2. The van der Waals surface area contributed by atoms with Crippen LogP contribution in [0.1, 0.15) is 28.6 Å². The van der Waals surface area contributed by atoms with Crippen molar-refractivity contribution < 1.29 is 4.79 Å². The van der Waals surface area contributed by atoms with Crippen molar-refractivity contribution in [2.45, 2.75) is 18.9 Å². The number of H-pyrrole nitrogens is 1. The molecule has 1 N–H and O–H groups in total. The largest absolute Gasteiger partial charge is 0.338 e. The lowest BCUT2D eigenvalue weighted by Gasteiger charge is -2.32. The number of nitrogens with zero attached hydrogens (tertiary/aromatic N) is 2. The van der Waals surface area contributed by atoms with E-state index in [9.17, 15) is 9.59 Å². The Hall–Kier alpha value is -2.34. The molecule has 1 aliphatic heterocycles. The molecule has 5 nitrogen and oxygen atoms in total. The average molecular weight is 327 g/mol. The quantitative estimate of drug-likeness (QED) is 0.787. The summed E-state index contributed by atoms with van der Waals surface area (Å²) in [6.45, 7) is 1.38. The normalized spacial score (nSPS) is 16.1. The summed E-state index contributed by atoms with van der Waals surface area (Å²) in [5.74, 6) is 0.102. The summed E-state index contributed by atoms with van der Waals surface area (Å²) in [6, 6.07) is 11.7. The number of hydrogen-bond acceptors (Lipinski definition) is 3. The summed E-state index contributed by atoms with van der Waals surface area (Å²) in [7, 11) is 0. The third kappa shape index (κ3) is 2.49. The molecule has 2 aromatic heterocycles. The third-order valence-electron chi connectivity index (χ3n) is 4.47. The van der Waals surface area contributed by atoms with Crippen LogP contribution in [-0.4, -0.2) is 33.4 Å². The molecular formula is C17H17N3O2S. The highest BCUT2D eigenvalue weighted by atomic mass is 32.1. The Morgan fingerprint density at radius 2 is 1.91 bits per heavy atom. The maximum absolute atomic E-state index is 12.4. The number of amides is 1. The van der Waals surface area contributed by atoms with E-state index in [4.69, 9.17) is 0 Å². The zero-order chi connectivity index (χ0) is 15.8. The minimum Gasteiger partial charge on any atom is -0.338 e. The molecule has 1 aliphatic rings. The van der Waals surface area contributed by atoms with E-state index in [1.807, 2.05) is 51.2 Å². The van der Waals surface area contributed by atoms with E-state index in [0.29, 0.717) is 13.1 Å². The predicted octanol–water partition coefficient (Wildman–Crippen LogP) is 2.87. The Kier molecular flexibility index (Phi) is 3.53. The summed E-state index contributed by atoms with van der Waals surface area (Å²) in [5, 5.41) is 1.92. The first-order chi connectivity index (χ1) is 11.2. The number of hydrogen-bond donors (Lipinski definition) is 1. The van der Waals surface area contributed by atoms with Gasteiger partial charge in [-0.1, -0.05) is 18.2 Å². The zero-order valence-electron chi connectivity index (χ0n) is 12.6. The van der Waals surface area contributed by atoms with Gasteiger partial charge in [0.1, 0.15) is 0 Å². The number of likely N-dealkylation sites (tertiary alicyclic amines) is 1. The summed E-state index contributed by atoms with van der Waals surface area (Å²) >= 11 is 1.48. The van der Waals surface area contributed by atoms with Gasteiger partial charge in [0.2, 0.25) is 0 Å². The van der Waals surface area contributed by atoms with E-state index in [2.05, 4.69) is 4.98 Å². The highest BCUT2D eigenvalue weighted by Gasteiger charge is 2.26. The molecule has 0 spiro atoms. The van der Waals surface area contributed by atoms with Crippen molar-refractivity contribution in [1.82, 2.24) is 14.5 Å². The maximum Gasteiger partial charge on any atom is 0.326 e. The van der Waals surface area contributed by atoms with Gasteiger partial charge in [-0.05, 0) is 36.4 Å². The molecule has 0 unspecified atom stereocenters. The first-order valence-corrected chi connectivity index (χ1v) is 8.64. The molecule has 1 fully saturated rings. The zero-order valence-corrected chi connectivity index (χ0v) is 13.4. The van der Waals surface area contributed by atoms with Crippen molar-refractivity contribution in [3.8, 4) is 0 Å². The number of carbonyl (C=O) groups is 1. The van der Waals surface area contributed by atoms with Crippen molar-refractivity contribution in [3.05, 3.63) is 57.1 Å². The number of fused-ring (bicyclic) bond motifs is 1. The fourth-order valence-corrected chi connectivity index (χ4v) is 4.01. The van der Waals surface area contributed by atoms with Crippen LogP contribution in [0.5, 0.6) is 0 Å². The predicted molar refractivity (Wildman–Crippen MR) is 91.1 cm³/mol. The molecule has 0 radical (unpaired) electrons. The van der Waals surface area contributed by atoms with E-state index in [1.54, 1.807) is 0 Å². The Bertz CT molecular complexity index is 886. The summed E-state index contributed by atoms with van der Waals surface area (Å²) in [4.78, 5) is 30.2. The minimum absolute atomic E-state index is 0.0609. The smallest absolute Gasteiger partial charge is 0.326 e. The SMILES string of the molecule is O=C(c1cccs1)N1CCC(n2c(=O)[nH]c3ccccc32)CC1. The summed E-state index contributed by atoms with van der Waals surface area (Å²) < 4.78 is 1.85. The number of imidazole rings is 1. The molecule has 1 saturated heterocycles. The van der Waals surface area contributed by atoms with Crippen molar-refractivity contribution in [1.29, 1.82) is 0 Å². The number of thiophene rings is 1. The van der Waals surface area contributed by atoms with Gasteiger partial charge in [0.15, 0.2) is 0 Å². The van der Waals surface area contributed by atoms with Gasteiger partial charge in [0.05, 0.1) is 15.9 Å². The van der Waals surface area contributed by atoms with Crippen LogP contribution in [0.25, 0.3) is 11.0 Å². The van der Waals surface area contributed by atoms with Gasteiger partial charge >= 0.3 is 5.69 Å². The first-order valence-electron chi connectivity index (χ1n) is 7.76. The molecule has 1 amide bonds. The Balaban J connectivity index is 1.54. The van der Waals surface area contributed by atoms with Crippen LogP contribution in [0.2, 0.25) is 0 Å². The average Bonchev–Trinajstić information content (AvgIpc) is 3.21. The van der Waals surface area contributed by atoms with E-state index in [-0.39, 0.29) is 17.6 Å². The summed E-state index contributed by atoms with van der Waals surface area (Å²) in [5.41, 5.74) is 1.75. The minimum atomic E-state index is -0.0609. The van der Waals surface area contributed by atoms with Gasteiger partial charge < -0.3 is 9.88 Å². The molecule has 3 heterocycles. The van der Waals surface area contributed by atoms with Crippen molar-refractivity contribution >= 4 is 28.3 Å². The van der Waals surface area contributed by atoms with Gasteiger partial charge in [-0.15, -0.1) is 11.3 Å². The second kappa shape index (κ2) is 5.70. The fraction of sp³-hybridized carbons (Fsp3) is 0.294. The van der Waals surface area contributed by atoms with Crippen molar-refractivity contribution in [2.24, 2.45) is 0 Å². The van der Waals surface area contributed by atoms with Crippen LogP contribution in [0.15, 0.2) is 46.6 Å². The molecule has 3 aromatic rings. The van der Waals surface area contributed by atoms with Gasteiger partial charge in [0.25, 0.3) is 5.91 Å². The highest BCUT2D eigenvalue weighted by molar-refractivity contribution is 7.12. The fourth-order valence-electron chi connectivity index (χ4n) is 3.32. The Morgan fingerprint density at radius 3 is 2.65 bits per heavy atom. The van der Waals surface area contributed by atoms with Gasteiger partial charge in [-0.3, -0.25) is 9.36 Å². The number of aromatic nitrogens is 2. The van der Waals surface area contributed by atoms with Crippen LogP contribution < -0.4 is 5.69 Å². The first kappa shape index (κ1) is 14.3. The number of benzene rings is 1. The monoisotopic (exact) mass is 327 g/mol. The Morgan fingerprint density at radius 1 is 1.13 bits per heavy atom. The topological polar surface area (TPSA) is 58.1 Å². The lowest BCUT2D eigenvalue weighted by molar-refractivity contribution is 0.0700. The van der Waals surface area contributed by atoms with Gasteiger partial charge in [-0.25, -0.2) is 4.79 Å². The summed E-state index contributed by atoms with van der Waals surface area (Å²) in [6.07, 6.45) is 1.61. The second-order valence-corrected chi connectivity index (χ2v) is 6.77. The molecule has 0 atom stereocenters. The number of nitrogens with one attached hydrogen (secondary N) is 1. The molecule has 4 rings (SSSR count). The highest BCUT2D eigenvalue weighted by Crippen LogP contribution is 2.26. The van der Waals surface area contributed by atoms with E-state index in [1.165, 1.54) is 11.3 Å². The third-order valence-corrected chi connectivity index (χ3v) is 5.33. The van der Waals surface area contributed by atoms with Crippen LogP contribution in [0, 0.1) is 0 Å². The second-order valence-electron chi connectivity index (χ2n) is 5.82. The number of piperidine rings is 1. The molecule has 0 bridgehead atoms. The van der Waals surface area contributed by atoms with Crippen molar-refractivity contribution in [2.75, 3.05) is 13.1 Å². The van der Waals surface area contributed by atoms with Crippen LogP contribution in [0.4, 0.5) is 0 Å². The lowest BCUT2D eigenvalue weighted by Crippen LogP contribution is -2.40. The molecule has 0 aliphatic carbocycles. The Labute approximate surface area is 137 Å². The standard InChI is InChI=1S/C17H17N3O2S/c21-16(15-6-3-11-23-15)19-9-7-12(8-10-19)20-14-5-2-1-4-13(14)18-17(20)22/h1-6,11-12H,7-10H2,(H,18,22). The van der Waals surface area contributed by atoms with E-state index in [0.717, 1.165) is 28.8 Å². The van der Waals surface area contributed by atoms with Gasteiger partial charge in [0, 0.05) is 19.1 Å². The van der Waals surface area contributed by atoms with E-state index < -0.39 is 0 Å². The molecule has 1 aromatic carbocycles. The van der Waals surface area contributed by atoms with Gasteiger partial charge in [-0.2, -0.15) is 0 Å². The molecule has 23 heavy (non-hydrogen) atoms. The van der Waals surface area contributed by atoms with Crippen LogP contribution >= 0.6 is 11.3 Å². The molecular weight excluding hydrogens is 310 g/mol. The number of carbonyl (C=O) groups excluding carboxylic acids is 1. The van der Waals surface area contributed by atoms with Crippen LogP contribution in [-0.2, 0) is 0 Å². The van der Waals surface area contributed by atoms with Crippen molar-refractivity contribution in [3.63, 3.8) is 0 Å². The van der Waals surface area contributed by atoms with E-state index >= 15 is 0 Å². The number of aromatic amines is 1. The molecule has 118 valence electrons. The lowest BCUT2D eigenvalue weighted by atomic mass is 10.0.